The highest BCUT2D eigenvalue weighted by Gasteiger charge is 2.22. The largest absolute Gasteiger partial charge is 0.493 e. The molecule has 1 saturated heterocycles. The van der Waals surface area contributed by atoms with Crippen LogP contribution in [-0.4, -0.2) is 42.4 Å². The zero-order valence-electron chi connectivity index (χ0n) is 18.7. The maximum Gasteiger partial charge on any atom is 0.230 e. The Kier molecular flexibility index (Phi) is 5.57. The molecule has 1 fully saturated rings. The lowest BCUT2D eigenvalue weighted by Gasteiger charge is -2.18. The fourth-order valence-electron chi connectivity index (χ4n) is 4.58. The summed E-state index contributed by atoms with van der Waals surface area (Å²) in [6.07, 6.45) is 2.96. The van der Waals surface area contributed by atoms with Gasteiger partial charge in [-0.05, 0) is 74.3 Å². The number of fused-ring (bicyclic) bond motifs is 1. The van der Waals surface area contributed by atoms with Gasteiger partial charge in [-0.2, -0.15) is 4.98 Å². The van der Waals surface area contributed by atoms with Gasteiger partial charge in [-0.15, -0.1) is 0 Å². The number of benzene rings is 2. The SMILES string of the molecule is CCc1c(-c2ccc(OC)c(OC)c2)[nH]c2ccc(-c3noc(C4CCNCC4)n3)cc12. The van der Waals surface area contributed by atoms with Gasteiger partial charge in [-0.3, -0.25) is 0 Å². The molecule has 0 atom stereocenters. The molecule has 0 saturated carbocycles. The van der Waals surface area contributed by atoms with Crippen LogP contribution in [0.4, 0.5) is 0 Å². The molecule has 2 N–H and O–H groups in total. The van der Waals surface area contributed by atoms with E-state index in [0.717, 1.165) is 60.6 Å². The van der Waals surface area contributed by atoms with Gasteiger partial charge in [0, 0.05) is 33.6 Å². The fraction of sp³-hybridized carbons (Fsp3) is 0.360. The van der Waals surface area contributed by atoms with Crippen molar-refractivity contribution in [2.75, 3.05) is 27.3 Å². The number of aryl methyl sites for hydroxylation is 1. The van der Waals surface area contributed by atoms with E-state index in [4.69, 9.17) is 19.0 Å². The number of ether oxygens (including phenoxy) is 2. The summed E-state index contributed by atoms with van der Waals surface area (Å²) in [5.41, 5.74) is 5.44. The van der Waals surface area contributed by atoms with Gasteiger partial charge in [-0.25, -0.2) is 0 Å². The maximum atomic E-state index is 5.63. The van der Waals surface area contributed by atoms with Gasteiger partial charge in [0.1, 0.15) is 0 Å². The molecule has 0 unspecified atom stereocenters. The summed E-state index contributed by atoms with van der Waals surface area (Å²) >= 11 is 0. The quantitative estimate of drug-likeness (QED) is 0.449. The Morgan fingerprint density at radius 1 is 1.00 bits per heavy atom. The van der Waals surface area contributed by atoms with Crippen molar-refractivity contribution in [2.24, 2.45) is 0 Å². The van der Waals surface area contributed by atoms with Gasteiger partial charge < -0.3 is 24.3 Å². The zero-order chi connectivity index (χ0) is 22.1. The average molecular weight is 433 g/mol. The highest BCUT2D eigenvalue weighted by Crippen LogP contribution is 2.37. The third kappa shape index (κ3) is 3.62. The Labute approximate surface area is 187 Å². The molecule has 2 aromatic carbocycles. The van der Waals surface area contributed by atoms with E-state index in [1.54, 1.807) is 14.2 Å². The first-order valence-corrected chi connectivity index (χ1v) is 11.1. The number of H-pyrrole nitrogens is 1. The standard InChI is InChI=1S/C25H28N4O3/c1-4-18-19-13-17(24-28-25(32-29-24)15-9-11-26-12-10-15)5-7-20(19)27-23(18)16-6-8-21(30-2)22(14-16)31-3/h5-8,13-15,26-27H,4,9-12H2,1-3H3. The topological polar surface area (TPSA) is 85.2 Å². The lowest BCUT2D eigenvalue weighted by molar-refractivity contribution is 0.320. The molecule has 5 rings (SSSR count). The first-order chi connectivity index (χ1) is 15.7. The van der Waals surface area contributed by atoms with Gasteiger partial charge in [0.2, 0.25) is 11.7 Å². The predicted octanol–water partition coefficient (Wildman–Crippen LogP) is 4.93. The lowest BCUT2D eigenvalue weighted by atomic mass is 9.98. The van der Waals surface area contributed by atoms with Crippen molar-refractivity contribution in [3.05, 3.63) is 47.9 Å². The van der Waals surface area contributed by atoms with Crippen molar-refractivity contribution in [3.8, 4) is 34.1 Å². The van der Waals surface area contributed by atoms with Crippen molar-refractivity contribution >= 4 is 10.9 Å². The molecule has 3 heterocycles. The van der Waals surface area contributed by atoms with E-state index in [0.29, 0.717) is 23.2 Å². The molecule has 7 nitrogen and oxygen atoms in total. The molecule has 32 heavy (non-hydrogen) atoms. The van der Waals surface area contributed by atoms with E-state index in [1.165, 1.54) is 10.9 Å². The Bertz CT molecular complexity index is 1240. The Morgan fingerprint density at radius 3 is 2.53 bits per heavy atom. The first kappa shape index (κ1) is 20.6. The summed E-state index contributed by atoms with van der Waals surface area (Å²) in [5, 5.41) is 8.83. The van der Waals surface area contributed by atoms with E-state index in [-0.39, 0.29) is 0 Å². The summed E-state index contributed by atoms with van der Waals surface area (Å²) in [4.78, 5) is 8.32. The Balaban J connectivity index is 1.53. The number of nitrogens with zero attached hydrogens (tertiary/aromatic N) is 2. The molecule has 166 valence electrons. The molecular weight excluding hydrogens is 404 g/mol. The molecule has 7 heteroatoms. The number of piperidine rings is 1. The van der Waals surface area contributed by atoms with Crippen molar-refractivity contribution < 1.29 is 14.0 Å². The summed E-state index contributed by atoms with van der Waals surface area (Å²) in [6, 6.07) is 12.3. The van der Waals surface area contributed by atoms with E-state index in [1.807, 2.05) is 18.2 Å². The number of aromatic amines is 1. The van der Waals surface area contributed by atoms with Gasteiger partial charge in [-0.1, -0.05) is 12.1 Å². The molecule has 0 aliphatic carbocycles. The van der Waals surface area contributed by atoms with Crippen LogP contribution < -0.4 is 14.8 Å². The number of hydrogen-bond donors (Lipinski definition) is 2. The second-order valence-corrected chi connectivity index (χ2v) is 8.14. The molecule has 0 spiro atoms. The molecule has 1 aliphatic heterocycles. The number of rotatable bonds is 6. The summed E-state index contributed by atoms with van der Waals surface area (Å²) < 4.78 is 16.5. The average Bonchev–Trinajstić information content (AvgIpc) is 3.48. The predicted molar refractivity (Wildman–Crippen MR) is 124 cm³/mol. The molecule has 0 amide bonds. The van der Waals surface area contributed by atoms with Crippen molar-refractivity contribution in [1.29, 1.82) is 0 Å². The van der Waals surface area contributed by atoms with E-state index in [9.17, 15) is 0 Å². The number of aromatic nitrogens is 3. The first-order valence-electron chi connectivity index (χ1n) is 11.1. The van der Waals surface area contributed by atoms with Crippen molar-refractivity contribution in [1.82, 2.24) is 20.4 Å². The lowest BCUT2D eigenvalue weighted by Crippen LogP contribution is -2.26. The normalized spacial score (nSPS) is 14.7. The van der Waals surface area contributed by atoms with Crippen molar-refractivity contribution in [3.63, 3.8) is 0 Å². The third-order valence-electron chi connectivity index (χ3n) is 6.32. The number of methoxy groups -OCH3 is 2. The smallest absolute Gasteiger partial charge is 0.230 e. The van der Waals surface area contributed by atoms with Crippen LogP contribution in [0.25, 0.3) is 33.5 Å². The van der Waals surface area contributed by atoms with Crippen LogP contribution in [0.3, 0.4) is 0 Å². The van der Waals surface area contributed by atoms with Crippen LogP contribution in [-0.2, 0) is 6.42 Å². The van der Waals surface area contributed by atoms with E-state index < -0.39 is 0 Å². The molecule has 0 radical (unpaired) electrons. The molecule has 2 aromatic heterocycles. The van der Waals surface area contributed by atoms with Crippen LogP contribution in [0, 0.1) is 0 Å². The monoisotopic (exact) mass is 432 g/mol. The van der Waals surface area contributed by atoms with Crippen LogP contribution in [0.1, 0.15) is 37.1 Å². The van der Waals surface area contributed by atoms with Gasteiger partial charge in [0.25, 0.3) is 0 Å². The summed E-state index contributed by atoms with van der Waals surface area (Å²) in [7, 11) is 3.30. The van der Waals surface area contributed by atoms with E-state index in [2.05, 4.69) is 40.6 Å². The van der Waals surface area contributed by atoms with Gasteiger partial charge in [0.05, 0.1) is 14.2 Å². The van der Waals surface area contributed by atoms with Crippen LogP contribution in [0.15, 0.2) is 40.9 Å². The highest BCUT2D eigenvalue weighted by molar-refractivity contribution is 5.93. The fourth-order valence-corrected chi connectivity index (χ4v) is 4.58. The van der Waals surface area contributed by atoms with Crippen LogP contribution in [0.5, 0.6) is 11.5 Å². The van der Waals surface area contributed by atoms with Crippen LogP contribution in [0.2, 0.25) is 0 Å². The van der Waals surface area contributed by atoms with E-state index >= 15 is 0 Å². The van der Waals surface area contributed by atoms with Gasteiger partial charge >= 0.3 is 0 Å². The Morgan fingerprint density at radius 2 is 1.78 bits per heavy atom. The third-order valence-corrected chi connectivity index (χ3v) is 6.32. The second kappa shape index (κ2) is 8.67. The zero-order valence-corrected chi connectivity index (χ0v) is 18.7. The van der Waals surface area contributed by atoms with Gasteiger partial charge in [0.15, 0.2) is 11.5 Å². The molecule has 1 aliphatic rings. The number of hydrogen-bond acceptors (Lipinski definition) is 6. The minimum Gasteiger partial charge on any atom is -0.493 e. The molecular formula is C25H28N4O3. The second-order valence-electron chi connectivity index (χ2n) is 8.14. The summed E-state index contributed by atoms with van der Waals surface area (Å²) in [6.45, 7) is 4.16. The molecule has 0 bridgehead atoms. The summed E-state index contributed by atoms with van der Waals surface area (Å²) in [5.74, 6) is 3.17. The Hall–Kier alpha value is -3.32. The molecule has 4 aromatic rings. The van der Waals surface area contributed by atoms with Crippen LogP contribution >= 0.6 is 0 Å². The van der Waals surface area contributed by atoms with Crippen molar-refractivity contribution in [2.45, 2.75) is 32.1 Å². The number of nitrogens with one attached hydrogen (secondary N) is 2. The highest BCUT2D eigenvalue weighted by atomic mass is 16.5. The minimum absolute atomic E-state index is 0.344. The minimum atomic E-state index is 0.344. The maximum absolute atomic E-state index is 5.63.